The Morgan fingerprint density at radius 3 is 2.89 bits per heavy atom. The molecule has 100 valence electrons. The normalized spacial score (nSPS) is 19.9. The zero-order valence-electron chi connectivity index (χ0n) is 10.7. The lowest BCUT2D eigenvalue weighted by molar-refractivity contribution is 0.208. The average Bonchev–Trinajstić information content (AvgIpc) is 2.48. The highest BCUT2D eigenvalue weighted by Crippen LogP contribution is 2.32. The average molecular weight is 321 g/mol. The van der Waals surface area contributed by atoms with Crippen LogP contribution in [0.15, 0.2) is 34.9 Å². The van der Waals surface area contributed by atoms with Crippen LogP contribution in [0.3, 0.4) is 0 Å². The van der Waals surface area contributed by atoms with Gasteiger partial charge >= 0.3 is 0 Å². The molecule has 1 N–H and O–H groups in total. The molecule has 0 unspecified atom stereocenters. The van der Waals surface area contributed by atoms with E-state index in [1.807, 2.05) is 18.3 Å². The van der Waals surface area contributed by atoms with E-state index in [4.69, 9.17) is 0 Å². The Labute approximate surface area is 121 Å². The number of aliphatic hydroxyl groups excluding tert-OH is 1. The van der Waals surface area contributed by atoms with E-state index in [2.05, 4.69) is 37.9 Å². The third-order valence-corrected chi connectivity index (χ3v) is 4.43. The quantitative estimate of drug-likeness (QED) is 0.923. The number of fused-ring (bicyclic) bond motifs is 1. The summed E-state index contributed by atoms with van der Waals surface area (Å²) in [6.07, 6.45) is 4.11. The summed E-state index contributed by atoms with van der Waals surface area (Å²) in [6.45, 7) is 2.19. The van der Waals surface area contributed by atoms with E-state index in [1.54, 1.807) is 0 Å². The second-order valence-corrected chi connectivity index (χ2v) is 5.97. The Balaban J connectivity index is 2.03. The molecule has 3 nitrogen and oxygen atoms in total. The molecule has 3 rings (SSSR count). The Hall–Kier alpha value is -1.13. The number of rotatable bonds is 2. The highest BCUT2D eigenvalue weighted by atomic mass is 79.9. The topological polar surface area (TPSA) is 36.4 Å². The number of benzene rings is 1. The summed E-state index contributed by atoms with van der Waals surface area (Å²) < 4.78 is 1.03. The standard InChI is InChI=1S/C15H17BrN2O/c16-14-8-17-15(13-6-2-1-5-12(13)14)18-7-3-4-11(9-18)10-19/h1-2,5-6,8,11,19H,3-4,7,9-10H2/t11-/m0/s1. The maximum absolute atomic E-state index is 9.36. The van der Waals surface area contributed by atoms with Crippen molar-refractivity contribution in [1.29, 1.82) is 0 Å². The van der Waals surface area contributed by atoms with Crippen molar-refractivity contribution in [3.63, 3.8) is 0 Å². The van der Waals surface area contributed by atoms with Gasteiger partial charge in [-0.25, -0.2) is 4.98 Å². The number of piperidine rings is 1. The molecule has 1 saturated heterocycles. The fraction of sp³-hybridized carbons (Fsp3) is 0.400. The van der Waals surface area contributed by atoms with Crippen molar-refractivity contribution in [2.45, 2.75) is 12.8 Å². The van der Waals surface area contributed by atoms with Gasteiger partial charge < -0.3 is 10.0 Å². The van der Waals surface area contributed by atoms with Crippen LogP contribution in [0, 0.1) is 5.92 Å². The minimum Gasteiger partial charge on any atom is -0.396 e. The number of anilines is 1. The smallest absolute Gasteiger partial charge is 0.136 e. The molecule has 0 aliphatic carbocycles. The molecule has 19 heavy (non-hydrogen) atoms. The van der Waals surface area contributed by atoms with Gasteiger partial charge in [-0.15, -0.1) is 0 Å². The van der Waals surface area contributed by atoms with E-state index >= 15 is 0 Å². The van der Waals surface area contributed by atoms with Gasteiger partial charge in [0.1, 0.15) is 5.82 Å². The van der Waals surface area contributed by atoms with Gasteiger partial charge in [0.15, 0.2) is 0 Å². The van der Waals surface area contributed by atoms with Gasteiger partial charge in [0.25, 0.3) is 0 Å². The fourth-order valence-corrected chi connectivity index (χ4v) is 3.25. The molecule has 0 saturated carbocycles. The van der Waals surface area contributed by atoms with Gasteiger partial charge in [0.05, 0.1) is 0 Å². The van der Waals surface area contributed by atoms with Crippen molar-refractivity contribution >= 4 is 32.5 Å². The van der Waals surface area contributed by atoms with Gasteiger partial charge in [-0.3, -0.25) is 0 Å². The molecule has 1 atom stereocenters. The molecule has 0 bridgehead atoms. The third kappa shape index (κ3) is 2.47. The Bertz CT molecular complexity index is 587. The first-order valence-corrected chi connectivity index (χ1v) is 7.48. The summed E-state index contributed by atoms with van der Waals surface area (Å²) in [4.78, 5) is 6.90. The Morgan fingerprint density at radius 2 is 2.11 bits per heavy atom. The molecule has 2 aromatic rings. The van der Waals surface area contributed by atoms with Crippen LogP contribution in [0.1, 0.15) is 12.8 Å². The van der Waals surface area contributed by atoms with Crippen LogP contribution in [0.2, 0.25) is 0 Å². The Morgan fingerprint density at radius 1 is 1.32 bits per heavy atom. The van der Waals surface area contributed by atoms with Crippen molar-refractivity contribution in [2.75, 3.05) is 24.6 Å². The number of hydrogen-bond donors (Lipinski definition) is 1. The minimum atomic E-state index is 0.269. The summed E-state index contributed by atoms with van der Waals surface area (Å²) in [5.41, 5.74) is 0. The second-order valence-electron chi connectivity index (χ2n) is 5.11. The highest BCUT2D eigenvalue weighted by Gasteiger charge is 2.21. The highest BCUT2D eigenvalue weighted by molar-refractivity contribution is 9.10. The second kappa shape index (κ2) is 5.47. The van der Waals surface area contributed by atoms with E-state index in [0.717, 1.165) is 36.2 Å². The molecule has 4 heteroatoms. The van der Waals surface area contributed by atoms with Crippen LogP contribution in [-0.4, -0.2) is 29.8 Å². The van der Waals surface area contributed by atoms with E-state index < -0.39 is 0 Å². The van der Waals surface area contributed by atoms with Crippen LogP contribution >= 0.6 is 15.9 Å². The number of hydrogen-bond acceptors (Lipinski definition) is 3. The Kier molecular flexibility index (Phi) is 3.71. The lowest BCUT2D eigenvalue weighted by Gasteiger charge is -2.33. The van der Waals surface area contributed by atoms with Gasteiger partial charge in [0, 0.05) is 41.1 Å². The number of nitrogens with zero attached hydrogens (tertiary/aromatic N) is 2. The van der Waals surface area contributed by atoms with Crippen molar-refractivity contribution < 1.29 is 5.11 Å². The predicted octanol–water partition coefficient (Wildman–Crippen LogP) is 3.21. The maximum atomic E-state index is 9.36. The van der Waals surface area contributed by atoms with Crippen molar-refractivity contribution in [3.05, 3.63) is 34.9 Å². The van der Waals surface area contributed by atoms with Crippen LogP contribution < -0.4 is 4.90 Å². The summed E-state index contributed by atoms with van der Waals surface area (Å²) in [6, 6.07) is 8.32. The van der Waals surface area contributed by atoms with Crippen LogP contribution in [0.5, 0.6) is 0 Å². The molecular weight excluding hydrogens is 304 g/mol. The fourth-order valence-electron chi connectivity index (χ4n) is 2.80. The van der Waals surface area contributed by atoms with Crippen molar-refractivity contribution in [1.82, 2.24) is 4.98 Å². The SMILES string of the molecule is OC[C@H]1CCCN(c2ncc(Br)c3ccccc23)C1. The molecule has 0 amide bonds. The zero-order valence-corrected chi connectivity index (χ0v) is 12.3. The van der Waals surface area contributed by atoms with E-state index in [-0.39, 0.29) is 6.61 Å². The largest absolute Gasteiger partial charge is 0.396 e. The van der Waals surface area contributed by atoms with Gasteiger partial charge in [-0.1, -0.05) is 24.3 Å². The predicted molar refractivity (Wildman–Crippen MR) is 81.5 cm³/mol. The lowest BCUT2D eigenvalue weighted by Crippen LogP contribution is -2.37. The molecule has 1 aliphatic rings. The van der Waals surface area contributed by atoms with Gasteiger partial charge in [-0.2, -0.15) is 0 Å². The van der Waals surface area contributed by atoms with E-state index in [1.165, 1.54) is 10.8 Å². The molecule has 1 aromatic carbocycles. The molecule has 1 aromatic heterocycles. The maximum Gasteiger partial charge on any atom is 0.136 e. The summed E-state index contributed by atoms with van der Waals surface area (Å²) in [7, 11) is 0. The van der Waals surface area contributed by atoms with Crippen molar-refractivity contribution in [3.8, 4) is 0 Å². The summed E-state index contributed by atoms with van der Waals surface area (Å²) in [5, 5.41) is 11.7. The van der Waals surface area contributed by atoms with Crippen LogP contribution in [-0.2, 0) is 0 Å². The number of pyridine rings is 1. The third-order valence-electron chi connectivity index (χ3n) is 3.80. The monoisotopic (exact) mass is 320 g/mol. The number of aromatic nitrogens is 1. The molecule has 1 aliphatic heterocycles. The number of halogens is 1. The molecule has 1 fully saturated rings. The zero-order chi connectivity index (χ0) is 13.2. The first kappa shape index (κ1) is 12.9. The molecule has 2 heterocycles. The first-order chi connectivity index (χ1) is 9.29. The van der Waals surface area contributed by atoms with Gasteiger partial charge in [-0.05, 0) is 34.7 Å². The first-order valence-electron chi connectivity index (χ1n) is 6.68. The van der Waals surface area contributed by atoms with E-state index in [9.17, 15) is 5.11 Å². The molecular formula is C15H17BrN2O. The molecule has 0 radical (unpaired) electrons. The summed E-state index contributed by atoms with van der Waals surface area (Å²) in [5.74, 6) is 1.41. The van der Waals surface area contributed by atoms with E-state index in [0.29, 0.717) is 5.92 Å². The number of aliphatic hydroxyl groups is 1. The minimum absolute atomic E-state index is 0.269. The van der Waals surface area contributed by atoms with Crippen LogP contribution in [0.25, 0.3) is 10.8 Å². The lowest BCUT2D eigenvalue weighted by atomic mass is 9.98. The van der Waals surface area contributed by atoms with Gasteiger partial charge in [0.2, 0.25) is 0 Å². The van der Waals surface area contributed by atoms with Crippen molar-refractivity contribution in [2.24, 2.45) is 5.92 Å². The summed E-state index contributed by atoms with van der Waals surface area (Å²) >= 11 is 3.56. The molecule has 0 spiro atoms. The van der Waals surface area contributed by atoms with Crippen LogP contribution in [0.4, 0.5) is 5.82 Å².